The molecule has 0 N–H and O–H groups in total. The van der Waals surface area contributed by atoms with Crippen LogP contribution in [0.2, 0.25) is 0 Å². The Kier molecular flexibility index (Phi) is 14.4. The van der Waals surface area contributed by atoms with E-state index in [1.54, 1.807) is 0 Å². The zero-order chi connectivity index (χ0) is 15.1. The predicted octanol–water partition coefficient (Wildman–Crippen LogP) is 5.10. The van der Waals surface area contributed by atoms with Gasteiger partial charge in [0.15, 0.2) is 0 Å². The Labute approximate surface area is 126 Å². The van der Waals surface area contributed by atoms with Crippen molar-refractivity contribution in [3.8, 4) is 0 Å². The second-order valence-electron chi connectivity index (χ2n) is 5.69. The average molecular weight is 285 g/mol. The third-order valence-corrected chi connectivity index (χ3v) is 3.49. The van der Waals surface area contributed by atoms with Crippen molar-refractivity contribution in [3.63, 3.8) is 0 Å². The zero-order valence-electron chi connectivity index (χ0n) is 14.0. The van der Waals surface area contributed by atoms with Gasteiger partial charge in [0.25, 0.3) is 0 Å². The number of hydroxylamine groups is 2. The molecule has 0 aliphatic rings. The molecular weight excluding hydrogens is 250 g/mol. The van der Waals surface area contributed by atoms with Crippen LogP contribution in [0.25, 0.3) is 0 Å². The highest BCUT2D eigenvalue weighted by atomic mass is 16.7. The molecule has 20 heavy (non-hydrogen) atoms. The van der Waals surface area contributed by atoms with Gasteiger partial charge in [-0.15, -0.1) is 5.06 Å². The predicted molar refractivity (Wildman–Crippen MR) is 85.5 cm³/mol. The summed E-state index contributed by atoms with van der Waals surface area (Å²) in [6, 6.07) is 0. The highest BCUT2D eigenvalue weighted by molar-refractivity contribution is 5.65. The lowest BCUT2D eigenvalue weighted by molar-refractivity contribution is -0.188. The van der Waals surface area contributed by atoms with Crippen LogP contribution in [0, 0.1) is 0 Å². The van der Waals surface area contributed by atoms with Crippen molar-refractivity contribution in [3.05, 3.63) is 0 Å². The Hall–Kier alpha value is -0.570. The molecular formula is C17H35NO2. The lowest BCUT2D eigenvalue weighted by Crippen LogP contribution is -2.28. The summed E-state index contributed by atoms with van der Waals surface area (Å²) in [5.74, 6) is -0.203. The van der Waals surface area contributed by atoms with E-state index in [-0.39, 0.29) is 5.97 Å². The molecule has 0 aromatic carbocycles. The fourth-order valence-corrected chi connectivity index (χ4v) is 2.41. The SMILES string of the molecule is CCCCCCCCCCCCN(CCC)OC(C)=O. The second kappa shape index (κ2) is 14.8. The fourth-order valence-electron chi connectivity index (χ4n) is 2.41. The van der Waals surface area contributed by atoms with Crippen LogP contribution in [0.4, 0.5) is 0 Å². The molecule has 0 atom stereocenters. The maximum atomic E-state index is 10.9. The molecule has 0 aliphatic heterocycles. The minimum atomic E-state index is -0.203. The highest BCUT2D eigenvalue weighted by Crippen LogP contribution is 2.11. The van der Waals surface area contributed by atoms with Gasteiger partial charge in [-0.05, 0) is 12.8 Å². The Balaban J connectivity index is 3.34. The molecule has 0 aliphatic carbocycles. The van der Waals surface area contributed by atoms with E-state index in [4.69, 9.17) is 4.84 Å². The lowest BCUT2D eigenvalue weighted by Gasteiger charge is -2.19. The standard InChI is InChI=1S/C17H35NO2/c1-4-6-7-8-9-10-11-12-13-14-16-18(15-5-2)20-17(3)19/h4-16H2,1-3H3. The molecule has 0 fully saturated rings. The third-order valence-electron chi connectivity index (χ3n) is 3.49. The molecule has 0 heterocycles. The molecule has 3 heteroatoms. The van der Waals surface area contributed by atoms with E-state index >= 15 is 0 Å². The van der Waals surface area contributed by atoms with Gasteiger partial charge in [0.05, 0.1) is 0 Å². The first-order valence-corrected chi connectivity index (χ1v) is 8.64. The number of unbranched alkanes of at least 4 members (excludes halogenated alkanes) is 9. The minimum Gasteiger partial charge on any atom is -0.368 e. The summed E-state index contributed by atoms with van der Waals surface area (Å²) >= 11 is 0. The topological polar surface area (TPSA) is 29.5 Å². The van der Waals surface area contributed by atoms with Crippen LogP contribution in [-0.2, 0) is 9.63 Å². The van der Waals surface area contributed by atoms with Crippen molar-refractivity contribution in [1.29, 1.82) is 0 Å². The monoisotopic (exact) mass is 285 g/mol. The molecule has 0 aromatic heterocycles. The van der Waals surface area contributed by atoms with E-state index in [2.05, 4.69) is 13.8 Å². The molecule has 0 amide bonds. The Bertz CT molecular complexity index is 219. The number of carbonyl (C=O) groups is 1. The molecule has 0 radical (unpaired) electrons. The van der Waals surface area contributed by atoms with Gasteiger partial charge in [0.1, 0.15) is 0 Å². The summed E-state index contributed by atoms with van der Waals surface area (Å²) in [5.41, 5.74) is 0. The summed E-state index contributed by atoms with van der Waals surface area (Å²) < 4.78 is 0. The Morgan fingerprint density at radius 1 is 0.750 bits per heavy atom. The van der Waals surface area contributed by atoms with Gasteiger partial charge in [0, 0.05) is 20.0 Å². The van der Waals surface area contributed by atoms with Crippen LogP contribution in [0.3, 0.4) is 0 Å². The molecule has 0 bridgehead atoms. The van der Waals surface area contributed by atoms with Crippen LogP contribution in [-0.4, -0.2) is 24.1 Å². The van der Waals surface area contributed by atoms with Crippen LogP contribution in [0.15, 0.2) is 0 Å². The van der Waals surface area contributed by atoms with E-state index in [1.165, 1.54) is 64.7 Å². The van der Waals surface area contributed by atoms with E-state index in [0.717, 1.165) is 25.9 Å². The number of hydrogen-bond acceptors (Lipinski definition) is 3. The highest BCUT2D eigenvalue weighted by Gasteiger charge is 2.06. The van der Waals surface area contributed by atoms with Gasteiger partial charge in [-0.25, -0.2) is 0 Å². The second-order valence-corrected chi connectivity index (χ2v) is 5.69. The maximum Gasteiger partial charge on any atom is 0.322 e. The van der Waals surface area contributed by atoms with Gasteiger partial charge in [-0.3, -0.25) is 4.79 Å². The smallest absolute Gasteiger partial charge is 0.322 e. The minimum absolute atomic E-state index is 0.203. The van der Waals surface area contributed by atoms with Gasteiger partial charge < -0.3 is 4.84 Å². The van der Waals surface area contributed by atoms with Crippen molar-refractivity contribution in [1.82, 2.24) is 5.06 Å². The van der Waals surface area contributed by atoms with Gasteiger partial charge in [-0.1, -0.05) is 71.6 Å². The van der Waals surface area contributed by atoms with E-state index in [9.17, 15) is 4.79 Å². The zero-order valence-corrected chi connectivity index (χ0v) is 14.0. The number of hydrogen-bond donors (Lipinski definition) is 0. The normalized spacial score (nSPS) is 11.0. The first kappa shape index (κ1) is 19.4. The molecule has 0 saturated carbocycles. The molecule has 120 valence electrons. The van der Waals surface area contributed by atoms with Crippen molar-refractivity contribution in [2.75, 3.05) is 13.1 Å². The maximum absolute atomic E-state index is 10.9. The van der Waals surface area contributed by atoms with Crippen molar-refractivity contribution >= 4 is 5.97 Å². The summed E-state index contributed by atoms with van der Waals surface area (Å²) in [6.07, 6.45) is 14.4. The van der Waals surface area contributed by atoms with E-state index in [1.807, 2.05) is 5.06 Å². The largest absolute Gasteiger partial charge is 0.368 e. The number of nitrogens with zero attached hydrogens (tertiary/aromatic N) is 1. The van der Waals surface area contributed by atoms with Crippen LogP contribution in [0.5, 0.6) is 0 Å². The Morgan fingerprint density at radius 2 is 1.25 bits per heavy atom. The van der Waals surface area contributed by atoms with E-state index < -0.39 is 0 Å². The molecule has 0 saturated heterocycles. The molecule has 0 spiro atoms. The lowest BCUT2D eigenvalue weighted by atomic mass is 10.1. The quantitative estimate of drug-likeness (QED) is 0.328. The first-order valence-electron chi connectivity index (χ1n) is 8.64. The number of carbonyl (C=O) groups excluding carboxylic acids is 1. The van der Waals surface area contributed by atoms with Crippen molar-refractivity contribution in [2.45, 2.75) is 91.4 Å². The van der Waals surface area contributed by atoms with Crippen molar-refractivity contribution in [2.24, 2.45) is 0 Å². The van der Waals surface area contributed by atoms with E-state index in [0.29, 0.717) is 0 Å². The summed E-state index contributed by atoms with van der Waals surface area (Å²) in [4.78, 5) is 16.1. The van der Waals surface area contributed by atoms with Crippen LogP contribution >= 0.6 is 0 Å². The first-order chi connectivity index (χ1) is 9.70. The average Bonchev–Trinajstić information content (AvgIpc) is 2.40. The summed E-state index contributed by atoms with van der Waals surface area (Å²) in [5, 5.41) is 1.81. The molecule has 0 rings (SSSR count). The van der Waals surface area contributed by atoms with Gasteiger partial charge >= 0.3 is 5.97 Å². The molecule has 3 nitrogen and oxygen atoms in total. The number of rotatable bonds is 14. The third kappa shape index (κ3) is 13.9. The van der Waals surface area contributed by atoms with Gasteiger partial charge in [0.2, 0.25) is 0 Å². The summed E-state index contributed by atoms with van der Waals surface area (Å²) in [7, 11) is 0. The molecule has 0 aromatic rings. The van der Waals surface area contributed by atoms with Crippen molar-refractivity contribution < 1.29 is 9.63 Å². The van der Waals surface area contributed by atoms with Gasteiger partial charge in [-0.2, -0.15) is 0 Å². The Morgan fingerprint density at radius 3 is 1.70 bits per heavy atom. The van der Waals surface area contributed by atoms with Crippen LogP contribution < -0.4 is 0 Å². The van der Waals surface area contributed by atoms with Crippen LogP contribution in [0.1, 0.15) is 91.4 Å². The molecule has 0 unspecified atom stereocenters. The fraction of sp³-hybridized carbons (Fsp3) is 0.941. The summed E-state index contributed by atoms with van der Waals surface area (Å²) in [6.45, 7) is 7.56.